The van der Waals surface area contributed by atoms with Crippen LogP contribution in [0.5, 0.6) is 0 Å². The molecule has 0 unspecified atom stereocenters. The lowest BCUT2D eigenvalue weighted by molar-refractivity contribution is 0.103. The predicted molar refractivity (Wildman–Crippen MR) is 100 cm³/mol. The Morgan fingerprint density at radius 3 is 2.70 bits per heavy atom. The number of nitrogen functional groups attached to an aromatic ring is 1. The van der Waals surface area contributed by atoms with Crippen LogP contribution in [0.2, 0.25) is 0 Å². The molecule has 140 valence electrons. The van der Waals surface area contributed by atoms with E-state index in [1.165, 1.54) is 6.20 Å². The molecule has 0 bridgehead atoms. The van der Waals surface area contributed by atoms with Crippen LogP contribution in [0.1, 0.15) is 15.9 Å². The van der Waals surface area contributed by atoms with Gasteiger partial charge in [-0.2, -0.15) is 0 Å². The Labute approximate surface area is 154 Å². The molecule has 27 heavy (non-hydrogen) atoms. The number of carbonyl (C=O) groups excluding carboxylic acids is 1. The highest BCUT2D eigenvalue weighted by Crippen LogP contribution is 2.28. The van der Waals surface area contributed by atoms with E-state index in [1.54, 1.807) is 6.20 Å². The van der Waals surface area contributed by atoms with Crippen molar-refractivity contribution < 1.29 is 13.6 Å². The van der Waals surface area contributed by atoms with Crippen molar-refractivity contribution in [2.45, 2.75) is 0 Å². The van der Waals surface area contributed by atoms with Crippen molar-refractivity contribution in [2.75, 3.05) is 43.9 Å². The Hall–Kier alpha value is -3.00. The third-order valence-corrected chi connectivity index (χ3v) is 4.98. The minimum atomic E-state index is -1.04. The van der Waals surface area contributed by atoms with Gasteiger partial charge in [0.1, 0.15) is 11.5 Å². The van der Waals surface area contributed by atoms with Gasteiger partial charge in [-0.25, -0.2) is 13.8 Å². The predicted octanol–water partition coefficient (Wildman–Crippen LogP) is 2.41. The minimum Gasteiger partial charge on any atom is -0.396 e. The zero-order valence-electron chi connectivity index (χ0n) is 14.8. The van der Waals surface area contributed by atoms with Gasteiger partial charge in [-0.05, 0) is 25.2 Å². The lowest BCUT2D eigenvalue weighted by atomic mass is 10.0. The average molecular weight is 371 g/mol. The molecule has 0 spiro atoms. The Balaban J connectivity index is 1.76. The highest BCUT2D eigenvalue weighted by Gasteiger charge is 2.24. The molecule has 3 aromatic rings. The Kier molecular flexibility index (Phi) is 4.27. The monoisotopic (exact) mass is 371 g/mol. The summed E-state index contributed by atoms with van der Waals surface area (Å²) in [5, 5.41) is 0.526. The topological polar surface area (TPSA) is 78.2 Å². The number of carbonyl (C=O) groups is 1. The van der Waals surface area contributed by atoms with Crippen LogP contribution in [0, 0.1) is 11.6 Å². The van der Waals surface area contributed by atoms with Crippen molar-refractivity contribution in [1.29, 1.82) is 0 Å². The molecular formula is C19H19F2N5O. The second-order valence-electron chi connectivity index (χ2n) is 6.74. The fourth-order valence-electron chi connectivity index (χ4n) is 3.33. The second kappa shape index (κ2) is 6.62. The van der Waals surface area contributed by atoms with Crippen molar-refractivity contribution in [3.63, 3.8) is 0 Å². The van der Waals surface area contributed by atoms with Gasteiger partial charge in [-0.15, -0.1) is 0 Å². The molecule has 3 N–H and O–H groups in total. The number of anilines is 2. The highest BCUT2D eigenvalue weighted by atomic mass is 19.1. The average Bonchev–Trinajstić information content (AvgIpc) is 3.09. The van der Waals surface area contributed by atoms with Crippen molar-refractivity contribution >= 4 is 28.2 Å². The third-order valence-electron chi connectivity index (χ3n) is 4.98. The van der Waals surface area contributed by atoms with Crippen molar-refractivity contribution in [3.05, 3.63) is 53.4 Å². The molecule has 0 amide bonds. The molecule has 1 aliphatic rings. The molecule has 3 heterocycles. The van der Waals surface area contributed by atoms with E-state index in [0.29, 0.717) is 11.0 Å². The molecule has 2 aromatic heterocycles. The van der Waals surface area contributed by atoms with E-state index in [9.17, 15) is 13.6 Å². The summed E-state index contributed by atoms with van der Waals surface area (Å²) in [5.41, 5.74) is 6.11. The van der Waals surface area contributed by atoms with E-state index in [0.717, 1.165) is 44.0 Å². The number of halogens is 2. The maximum Gasteiger partial charge on any atom is 0.201 e. The van der Waals surface area contributed by atoms with Crippen LogP contribution in [-0.2, 0) is 0 Å². The highest BCUT2D eigenvalue weighted by molar-refractivity contribution is 6.16. The molecule has 4 rings (SSSR count). The minimum absolute atomic E-state index is 0.164. The fourth-order valence-corrected chi connectivity index (χ4v) is 3.33. The lowest BCUT2D eigenvalue weighted by Gasteiger charge is -2.33. The molecular weight excluding hydrogens is 352 g/mol. The number of nitrogens with two attached hydrogens (primary N) is 1. The first-order chi connectivity index (χ1) is 13.0. The molecule has 0 saturated carbocycles. The van der Waals surface area contributed by atoms with Gasteiger partial charge in [0, 0.05) is 43.3 Å². The number of pyridine rings is 1. The molecule has 1 fully saturated rings. The van der Waals surface area contributed by atoms with Crippen LogP contribution < -0.4 is 10.6 Å². The van der Waals surface area contributed by atoms with Gasteiger partial charge in [0.05, 0.1) is 23.1 Å². The maximum atomic E-state index is 14.3. The normalized spacial score (nSPS) is 15.4. The maximum absolute atomic E-state index is 14.3. The number of benzene rings is 1. The second-order valence-corrected chi connectivity index (χ2v) is 6.74. The number of rotatable bonds is 3. The summed E-state index contributed by atoms with van der Waals surface area (Å²) in [5.74, 6) is -2.75. The number of piperazine rings is 1. The first-order valence-corrected chi connectivity index (χ1v) is 8.64. The summed E-state index contributed by atoms with van der Waals surface area (Å²) in [6.45, 7) is 3.54. The standard InChI is InChI=1S/C19H19F2N5O/c1-25-4-6-26(7-5-25)11-8-12-13(10-24-19(12)23-9-11)18(27)16-14(20)2-3-15(22)17(16)21/h2-3,8-10H,4-7,22H2,1H3,(H,23,24). The van der Waals surface area contributed by atoms with Gasteiger partial charge in [0.25, 0.3) is 0 Å². The summed E-state index contributed by atoms with van der Waals surface area (Å²) in [4.78, 5) is 24.5. The van der Waals surface area contributed by atoms with Gasteiger partial charge < -0.3 is 20.5 Å². The number of aromatic nitrogens is 2. The summed E-state index contributed by atoms with van der Waals surface area (Å²) in [7, 11) is 2.07. The van der Waals surface area contributed by atoms with Gasteiger partial charge in [0.2, 0.25) is 5.78 Å². The molecule has 0 atom stereocenters. The van der Waals surface area contributed by atoms with E-state index in [2.05, 4.69) is 26.8 Å². The Morgan fingerprint density at radius 1 is 1.22 bits per heavy atom. The van der Waals surface area contributed by atoms with Crippen LogP contribution >= 0.6 is 0 Å². The number of hydrogen-bond donors (Lipinski definition) is 2. The van der Waals surface area contributed by atoms with Crippen molar-refractivity contribution in [1.82, 2.24) is 14.9 Å². The molecule has 1 aliphatic heterocycles. The number of likely N-dealkylation sites (N-methyl/N-ethyl adjacent to an activating group) is 1. The SMILES string of the molecule is CN1CCN(c2cnc3[nH]cc(C(=O)c4c(F)ccc(N)c4F)c3c2)CC1. The Bertz CT molecular complexity index is 1020. The van der Waals surface area contributed by atoms with Crippen molar-refractivity contribution in [2.24, 2.45) is 0 Å². The van der Waals surface area contributed by atoms with Crippen LogP contribution in [0.4, 0.5) is 20.2 Å². The van der Waals surface area contributed by atoms with E-state index >= 15 is 0 Å². The lowest BCUT2D eigenvalue weighted by Crippen LogP contribution is -2.44. The number of fused-ring (bicyclic) bond motifs is 1. The zero-order valence-corrected chi connectivity index (χ0v) is 14.8. The summed E-state index contributed by atoms with van der Waals surface area (Å²) >= 11 is 0. The van der Waals surface area contributed by atoms with Crippen LogP contribution in [0.25, 0.3) is 11.0 Å². The van der Waals surface area contributed by atoms with Crippen LogP contribution in [0.3, 0.4) is 0 Å². The smallest absolute Gasteiger partial charge is 0.201 e. The number of nitrogens with one attached hydrogen (secondary N) is 1. The summed E-state index contributed by atoms with van der Waals surface area (Å²) in [6.07, 6.45) is 3.16. The molecule has 0 radical (unpaired) electrons. The number of nitrogens with zero attached hydrogens (tertiary/aromatic N) is 3. The summed E-state index contributed by atoms with van der Waals surface area (Å²) < 4.78 is 28.4. The molecule has 8 heteroatoms. The van der Waals surface area contributed by atoms with Crippen LogP contribution in [0.15, 0.2) is 30.6 Å². The van der Waals surface area contributed by atoms with Gasteiger partial charge in [-0.3, -0.25) is 4.79 Å². The van der Waals surface area contributed by atoms with Gasteiger partial charge in [0.15, 0.2) is 5.82 Å². The van der Waals surface area contributed by atoms with E-state index in [-0.39, 0.29) is 11.3 Å². The number of ketones is 1. The number of H-pyrrole nitrogens is 1. The van der Waals surface area contributed by atoms with Crippen LogP contribution in [-0.4, -0.2) is 53.9 Å². The van der Waals surface area contributed by atoms with Gasteiger partial charge >= 0.3 is 0 Å². The Morgan fingerprint density at radius 2 is 1.96 bits per heavy atom. The zero-order chi connectivity index (χ0) is 19.1. The first kappa shape index (κ1) is 17.4. The first-order valence-electron chi connectivity index (χ1n) is 8.64. The molecule has 1 aromatic carbocycles. The van der Waals surface area contributed by atoms with E-state index < -0.39 is 23.0 Å². The van der Waals surface area contributed by atoms with Gasteiger partial charge in [-0.1, -0.05) is 0 Å². The molecule has 6 nitrogen and oxygen atoms in total. The van der Waals surface area contributed by atoms with Crippen molar-refractivity contribution in [3.8, 4) is 0 Å². The quantitative estimate of drug-likeness (QED) is 0.546. The number of aromatic amines is 1. The fraction of sp³-hybridized carbons (Fsp3) is 0.263. The molecule has 1 saturated heterocycles. The molecule has 0 aliphatic carbocycles. The van der Waals surface area contributed by atoms with E-state index in [4.69, 9.17) is 5.73 Å². The third kappa shape index (κ3) is 3.02. The van der Waals surface area contributed by atoms with E-state index in [1.807, 2.05) is 6.07 Å². The largest absolute Gasteiger partial charge is 0.396 e. The summed E-state index contributed by atoms with van der Waals surface area (Å²) in [6, 6.07) is 3.93. The number of hydrogen-bond acceptors (Lipinski definition) is 5.